The van der Waals surface area contributed by atoms with Crippen LogP contribution in [0, 0.1) is 13.8 Å². The molecule has 0 atom stereocenters. The Morgan fingerprint density at radius 2 is 1.89 bits per heavy atom. The summed E-state index contributed by atoms with van der Waals surface area (Å²) in [5, 5.41) is 2.85. The molecule has 0 radical (unpaired) electrons. The van der Waals surface area contributed by atoms with Crippen LogP contribution >= 0.6 is 0 Å². The van der Waals surface area contributed by atoms with E-state index < -0.39 is 0 Å². The van der Waals surface area contributed by atoms with Crippen LogP contribution in [0.2, 0.25) is 0 Å². The predicted molar refractivity (Wildman–Crippen MR) is 73.8 cm³/mol. The van der Waals surface area contributed by atoms with Gasteiger partial charge in [0.1, 0.15) is 5.69 Å². The number of Topliss-reactive ketones (excluding diaryl/α,β-unsaturated/α-hetero) is 1. The Morgan fingerprint density at radius 1 is 1.26 bits per heavy atom. The van der Waals surface area contributed by atoms with Crippen molar-refractivity contribution >= 4 is 11.8 Å². The number of ketones is 1. The fourth-order valence-electron chi connectivity index (χ4n) is 2.41. The maximum Gasteiger partial charge on any atom is 0.355 e. The molecule has 0 aromatic carbocycles. The van der Waals surface area contributed by atoms with Crippen molar-refractivity contribution < 1.29 is 14.3 Å². The summed E-state index contributed by atoms with van der Waals surface area (Å²) < 4.78 is 6.92. The number of rotatable bonds is 6. The summed E-state index contributed by atoms with van der Waals surface area (Å²) in [6.45, 7) is 8.60. The Bertz CT molecular complexity index is 489. The second-order valence-electron chi connectivity index (χ2n) is 4.35. The van der Waals surface area contributed by atoms with Crippen LogP contribution in [0.1, 0.15) is 46.0 Å². The highest BCUT2D eigenvalue weighted by atomic mass is 16.5. The van der Waals surface area contributed by atoms with Crippen LogP contribution in [0.5, 0.6) is 0 Å². The third kappa shape index (κ3) is 2.87. The van der Waals surface area contributed by atoms with Gasteiger partial charge in [0.15, 0.2) is 5.78 Å². The molecule has 0 saturated heterocycles. The van der Waals surface area contributed by atoms with E-state index in [2.05, 4.69) is 5.32 Å². The van der Waals surface area contributed by atoms with E-state index in [1.165, 1.54) is 0 Å². The molecule has 5 nitrogen and oxygen atoms in total. The minimum Gasteiger partial charge on any atom is -0.461 e. The van der Waals surface area contributed by atoms with Gasteiger partial charge in [0.05, 0.1) is 13.2 Å². The zero-order chi connectivity index (χ0) is 14.6. The summed E-state index contributed by atoms with van der Waals surface area (Å²) in [4.78, 5) is 24.1. The molecule has 0 amide bonds. The van der Waals surface area contributed by atoms with Crippen LogP contribution in [-0.2, 0) is 11.3 Å². The molecule has 1 heterocycles. The second kappa shape index (κ2) is 6.52. The van der Waals surface area contributed by atoms with Gasteiger partial charge in [0.2, 0.25) is 0 Å². The van der Waals surface area contributed by atoms with Gasteiger partial charge < -0.3 is 14.6 Å². The van der Waals surface area contributed by atoms with Crippen LogP contribution in [-0.4, -0.2) is 36.5 Å². The Balaban J connectivity index is 3.36. The van der Waals surface area contributed by atoms with Crippen molar-refractivity contribution in [1.82, 2.24) is 9.88 Å². The van der Waals surface area contributed by atoms with E-state index in [-0.39, 0.29) is 18.3 Å². The molecule has 1 aromatic rings. The molecule has 0 aliphatic rings. The summed E-state index contributed by atoms with van der Waals surface area (Å²) in [5.41, 5.74) is 2.64. The van der Waals surface area contributed by atoms with Crippen molar-refractivity contribution in [2.75, 3.05) is 20.2 Å². The lowest BCUT2D eigenvalue weighted by molar-refractivity contribution is 0.0512. The molecule has 106 valence electrons. The molecule has 1 rings (SSSR count). The highest BCUT2D eigenvalue weighted by molar-refractivity contribution is 6.03. The zero-order valence-electron chi connectivity index (χ0n) is 12.3. The number of carbonyl (C=O) groups is 2. The molecule has 0 spiro atoms. The molecule has 0 bridgehead atoms. The monoisotopic (exact) mass is 266 g/mol. The van der Waals surface area contributed by atoms with Crippen molar-refractivity contribution in [2.24, 2.45) is 0 Å². The Hall–Kier alpha value is -1.62. The molecule has 1 aromatic heterocycles. The molecule has 0 unspecified atom stereocenters. The van der Waals surface area contributed by atoms with E-state index in [4.69, 9.17) is 4.74 Å². The standard InChI is InChI=1S/C14H22N2O3/c1-6-16-10(4)12(11(17)8-15-5)9(3)13(16)14(18)19-7-2/h15H,6-8H2,1-5H3. The Kier molecular flexibility index (Phi) is 5.30. The van der Waals surface area contributed by atoms with Crippen LogP contribution in [0.4, 0.5) is 0 Å². The summed E-state index contributed by atoms with van der Waals surface area (Å²) >= 11 is 0. The fraction of sp³-hybridized carbons (Fsp3) is 0.571. The lowest BCUT2D eigenvalue weighted by Crippen LogP contribution is -2.19. The normalized spacial score (nSPS) is 10.6. The fourth-order valence-corrected chi connectivity index (χ4v) is 2.41. The Labute approximate surface area is 113 Å². The first-order valence-corrected chi connectivity index (χ1v) is 6.54. The van der Waals surface area contributed by atoms with Crippen LogP contribution in [0.3, 0.4) is 0 Å². The van der Waals surface area contributed by atoms with E-state index in [0.717, 1.165) is 5.69 Å². The van der Waals surface area contributed by atoms with E-state index in [1.54, 1.807) is 20.9 Å². The van der Waals surface area contributed by atoms with E-state index >= 15 is 0 Å². The molecule has 0 aliphatic heterocycles. The van der Waals surface area contributed by atoms with Gasteiger partial charge in [-0.1, -0.05) is 0 Å². The maximum atomic E-state index is 12.1. The minimum absolute atomic E-state index is 0.00440. The third-order valence-electron chi connectivity index (χ3n) is 3.17. The second-order valence-corrected chi connectivity index (χ2v) is 4.35. The molecule has 0 aliphatic carbocycles. The van der Waals surface area contributed by atoms with Gasteiger partial charge in [-0.2, -0.15) is 0 Å². The number of likely N-dealkylation sites (N-methyl/N-ethyl adjacent to an activating group) is 1. The SMILES string of the molecule is CCOC(=O)c1c(C)c(C(=O)CNC)c(C)n1CC. The number of nitrogens with one attached hydrogen (secondary N) is 1. The van der Waals surface area contributed by atoms with Crippen molar-refractivity contribution in [3.63, 3.8) is 0 Å². The average molecular weight is 266 g/mol. The van der Waals surface area contributed by atoms with Crippen LogP contribution < -0.4 is 5.32 Å². The molecule has 0 fully saturated rings. The number of nitrogens with zero attached hydrogens (tertiary/aromatic N) is 1. The first kappa shape index (κ1) is 15.4. The number of hydrogen-bond donors (Lipinski definition) is 1. The lowest BCUT2D eigenvalue weighted by atomic mass is 10.1. The Morgan fingerprint density at radius 3 is 2.37 bits per heavy atom. The summed E-state index contributed by atoms with van der Waals surface area (Å²) in [6.07, 6.45) is 0. The first-order valence-electron chi connectivity index (χ1n) is 6.54. The molecular weight excluding hydrogens is 244 g/mol. The zero-order valence-corrected chi connectivity index (χ0v) is 12.3. The summed E-state index contributed by atoms with van der Waals surface area (Å²) in [7, 11) is 1.73. The molecule has 1 N–H and O–H groups in total. The van der Waals surface area contributed by atoms with Gasteiger partial charge >= 0.3 is 5.97 Å². The van der Waals surface area contributed by atoms with E-state index in [9.17, 15) is 9.59 Å². The molecule has 0 saturated carbocycles. The van der Waals surface area contributed by atoms with Gasteiger partial charge in [-0.3, -0.25) is 4.79 Å². The highest BCUT2D eigenvalue weighted by Crippen LogP contribution is 2.23. The predicted octanol–water partition coefficient (Wildman–Crippen LogP) is 1.70. The molecular formula is C14H22N2O3. The van der Waals surface area contributed by atoms with E-state index in [1.807, 2.05) is 18.4 Å². The average Bonchev–Trinajstić information content (AvgIpc) is 2.60. The topological polar surface area (TPSA) is 60.3 Å². The van der Waals surface area contributed by atoms with Crippen molar-refractivity contribution in [2.45, 2.75) is 34.2 Å². The molecule has 5 heteroatoms. The van der Waals surface area contributed by atoms with Crippen molar-refractivity contribution in [3.05, 3.63) is 22.5 Å². The van der Waals surface area contributed by atoms with Gasteiger partial charge in [0, 0.05) is 17.8 Å². The lowest BCUT2D eigenvalue weighted by Gasteiger charge is -2.08. The van der Waals surface area contributed by atoms with Gasteiger partial charge in [-0.15, -0.1) is 0 Å². The number of ether oxygens (including phenoxy) is 1. The van der Waals surface area contributed by atoms with Crippen LogP contribution in [0.15, 0.2) is 0 Å². The van der Waals surface area contributed by atoms with Crippen LogP contribution in [0.25, 0.3) is 0 Å². The number of hydrogen-bond acceptors (Lipinski definition) is 4. The largest absolute Gasteiger partial charge is 0.461 e. The minimum atomic E-state index is -0.367. The summed E-state index contributed by atoms with van der Waals surface area (Å²) in [6, 6.07) is 0. The van der Waals surface area contributed by atoms with Crippen molar-refractivity contribution in [3.8, 4) is 0 Å². The van der Waals surface area contributed by atoms with Gasteiger partial charge in [-0.05, 0) is 40.3 Å². The van der Waals surface area contributed by atoms with Gasteiger partial charge in [0.25, 0.3) is 0 Å². The smallest absolute Gasteiger partial charge is 0.355 e. The van der Waals surface area contributed by atoms with Crippen molar-refractivity contribution in [1.29, 1.82) is 0 Å². The number of aromatic nitrogens is 1. The maximum absolute atomic E-state index is 12.1. The summed E-state index contributed by atoms with van der Waals surface area (Å²) in [5.74, 6) is -0.372. The quantitative estimate of drug-likeness (QED) is 0.629. The molecule has 19 heavy (non-hydrogen) atoms. The van der Waals surface area contributed by atoms with E-state index in [0.29, 0.717) is 30.0 Å². The van der Waals surface area contributed by atoms with Gasteiger partial charge in [-0.25, -0.2) is 4.79 Å². The first-order chi connectivity index (χ1) is 8.99. The number of esters is 1. The highest BCUT2D eigenvalue weighted by Gasteiger charge is 2.25. The number of carbonyl (C=O) groups excluding carboxylic acids is 2. The third-order valence-corrected chi connectivity index (χ3v) is 3.17.